The third-order valence-corrected chi connectivity index (χ3v) is 2.18. The molecule has 110 valence electrons. The first-order valence-electron chi connectivity index (χ1n) is 4.56. The summed E-state index contributed by atoms with van der Waals surface area (Å²) in [5.41, 5.74) is -8.56. The number of carboxylic acids is 1. The Morgan fingerprint density at radius 3 is 1.90 bits per heavy atom. The highest BCUT2D eigenvalue weighted by Gasteiger charge is 2.49. The van der Waals surface area contributed by atoms with Gasteiger partial charge in [0.25, 0.3) is 5.69 Å². The van der Waals surface area contributed by atoms with Crippen molar-refractivity contribution < 1.29 is 41.2 Å². The highest BCUT2D eigenvalue weighted by atomic mass is 19.4. The van der Waals surface area contributed by atoms with E-state index in [-0.39, 0.29) is 12.1 Å². The van der Waals surface area contributed by atoms with Gasteiger partial charge < -0.3 is 5.11 Å². The number of aromatic carboxylic acids is 1. The molecule has 1 rings (SSSR count). The number of hydrogen-bond donors (Lipinski definition) is 1. The fourth-order valence-corrected chi connectivity index (χ4v) is 1.48. The molecule has 5 nitrogen and oxygen atoms in total. The van der Waals surface area contributed by atoms with Gasteiger partial charge in [0, 0.05) is 0 Å². The Morgan fingerprint density at radius 2 is 1.60 bits per heavy atom. The highest BCUT2D eigenvalue weighted by Crippen LogP contribution is 2.45. The standard InChI is InChI=1S/C9H3F6NO4/c10-8(11,12)4-2-1-3(7(17)18)6(16(19)20)5(4)9(13,14)15/h1-2H,(H,17,18). The van der Waals surface area contributed by atoms with Gasteiger partial charge >= 0.3 is 18.3 Å². The lowest BCUT2D eigenvalue weighted by molar-refractivity contribution is -0.388. The van der Waals surface area contributed by atoms with Crippen LogP contribution in [-0.4, -0.2) is 16.0 Å². The molecule has 1 aromatic rings. The van der Waals surface area contributed by atoms with E-state index >= 15 is 0 Å². The number of carboxylic acid groups (broad SMARTS) is 1. The van der Waals surface area contributed by atoms with E-state index in [4.69, 9.17) is 5.11 Å². The van der Waals surface area contributed by atoms with Crippen molar-refractivity contribution in [3.05, 3.63) is 38.9 Å². The number of alkyl halides is 6. The van der Waals surface area contributed by atoms with Crippen LogP contribution in [0, 0.1) is 10.1 Å². The van der Waals surface area contributed by atoms with Crippen LogP contribution in [-0.2, 0) is 12.4 Å². The number of nitrogens with zero attached hydrogens (tertiary/aromatic N) is 1. The number of nitro groups is 1. The largest absolute Gasteiger partial charge is 0.477 e. The van der Waals surface area contributed by atoms with Crippen molar-refractivity contribution in [2.45, 2.75) is 12.4 Å². The zero-order valence-electron chi connectivity index (χ0n) is 9.04. The molecule has 0 saturated carbocycles. The van der Waals surface area contributed by atoms with Crippen LogP contribution in [0.5, 0.6) is 0 Å². The van der Waals surface area contributed by atoms with Crippen LogP contribution in [0.1, 0.15) is 21.5 Å². The van der Waals surface area contributed by atoms with Gasteiger partial charge in [-0.25, -0.2) is 4.79 Å². The number of hydrogen-bond acceptors (Lipinski definition) is 3. The Labute approximate surface area is 105 Å². The second-order valence-corrected chi connectivity index (χ2v) is 3.44. The van der Waals surface area contributed by atoms with Gasteiger partial charge in [0.2, 0.25) is 0 Å². The quantitative estimate of drug-likeness (QED) is 0.516. The van der Waals surface area contributed by atoms with Gasteiger partial charge in [0.05, 0.1) is 10.5 Å². The van der Waals surface area contributed by atoms with Crippen molar-refractivity contribution in [1.82, 2.24) is 0 Å². The SMILES string of the molecule is O=C(O)c1ccc(C(F)(F)F)c(C(F)(F)F)c1[N+](=O)[O-]. The van der Waals surface area contributed by atoms with Gasteiger partial charge in [0.15, 0.2) is 0 Å². The molecule has 1 aromatic carbocycles. The van der Waals surface area contributed by atoms with Crippen molar-refractivity contribution in [2.24, 2.45) is 0 Å². The van der Waals surface area contributed by atoms with Gasteiger partial charge in [-0.2, -0.15) is 26.3 Å². The van der Waals surface area contributed by atoms with Gasteiger partial charge in [-0.3, -0.25) is 10.1 Å². The Bertz CT molecular complexity index is 577. The maximum Gasteiger partial charge on any atom is 0.423 e. The summed E-state index contributed by atoms with van der Waals surface area (Å²) in [4.78, 5) is 19.4. The van der Waals surface area contributed by atoms with E-state index in [1.165, 1.54) is 0 Å². The normalized spacial score (nSPS) is 12.3. The molecule has 0 heterocycles. The summed E-state index contributed by atoms with van der Waals surface area (Å²) in [5.74, 6) is -2.14. The van der Waals surface area contributed by atoms with Gasteiger partial charge in [-0.05, 0) is 12.1 Å². The van der Waals surface area contributed by atoms with Crippen molar-refractivity contribution >= 4 is 11.7 Å². The first kappa shape index (κ1) is 15.7. The van der Waals surface area contributed by atoms with Crippen LogP contribution >= 0.6 is 0 Å². The molecule has 0 amide bonds. The first-order chi connectivity index (χ1) is 8.87. The van der Waals surface area contributed by atoms with Crippen LogP contribution in [0.2, 0.25) is 0 Å². The lowest BCUT2D eigenvalue weighted by Gasteiger charge is -2.16. The van der Waals surface area contributed by atoms with E-state index in [1.54, 1.807) is 0 Å². The maximum atomic E-state index is 12.6. The molecule has 0 fully saturated rings. The summed E-state index contributed by atoms with van der Waals surface area (Å²) in [7, 11) is 0. The molecule has 1 N–H and O–H groups in total. The Kier molecular flexibility index (Phi) is 3.66. The summed E-state index contributed by atoms with van der Waals surface area (Å²) in [6, 6.07) is -0.0438. The van der Waals surface area contributed by atoms with E-state index in [9.17, 15) is 41.3 Å². The second kappa shape index (κ2) is 4.65. The molecule has 11 heteroatoms. The molecule has 0 aliphatic rings. The number of rotatable bonds is 2. The average Bonchev–Trinajstić information content (AvgIpc) is 2.24. The molecule has 0 saturated heterocycles. The Balaban J connectivity index is 3.91. The van der Waals surface area contributed by atoms with Crippen LogP contribution < -0.4 is 0 Å². The molecule has 0 unspecified atom stereocenters. The smallest absolute Gasteiger partial charge is 0.423 e. The van der Waals surface area contributed by atoms with E-state index < -0.39 is 45.6 Å². The fourth-order valence-electron chi connectivity index (χ4n) is 1.48. The van der Waals surface area contributed by atoms with E-state index in [2.05, 4.69) is 0 Å². The molecule has 0 spiro atoms. The molecule has 0 radical (unpaired) electrons. The van der Waals surface area contributed by atoms with Crippen LogP contribution in [0.25, 0.3) is 0 Å². The summed E-state index contributed by atoms with van der Waals surface area (Å²) < 4.78 is 75.4. The summed E-state index contributed by atoms with van der Waals surface area (Å²) in [5, 5.41) is 19.1. The molecular formula is C9H3F6NO4. The Morgan fingerprint density at radius 1 is 1.10 bits per heavy atom. The summed E-state index contributed by atoms with van der Waals surface area (Å²) in [6.07, 6.45) is -11.3. The molecule has 0 bridgehead atoms. The molecule has 0 aromatic heterocycles. The number of carbonyl (C=O) groups is 1. The van der Waals surface area contributed by atoms with Crippen LogP contribution in [0.15, 0.2) is 12.1 Å². The third-order valence-electron chi connectivity index (χ3n) is 2.18. The minimum absolute atomic E-state index is 0.110. The van der Waals surface area contributed by atoms with Crippen LogP contribution in [0.3, 0.4) is 0 Å². The van der Waals surface area contributed by atoms with Crippen molar-refractivity contribution in [2.75, 3.05) is 0 Å². The number of halogens is 6. The second-order valence-electron chi connectivity index (χ2n) is 3.44. The lowest BCUT2D eigenvalue weighted by Crippen LogP contribution is -2.20. The zero-order valence-corrected chi connectivity index (χ0v) is 9.04. The van der Waals surface area contributed by atoms with Gasteiger partial charge in [-0.1, -0.05) is 0 Å². The fraction of sp³-hybridized carbons (Fsp3) is 0.222. The summed E-state index contributed by atoms with van der Waals surface area (Å²) in [6.45, 7) is 0. The minimum Gasteiger partial charge on any atom is -0.477 e. The predicted octanol–water partition coefficient (Wildman–Crippen LogP) is 3.33. The molecule has 0 aliphatic heterocycles. The van der Waals surface area contributed by atoms with E-state index in [0.717, 1.165) is 0 Å². The summed E-state index contributed by atoms with van der Waals surface area (Å²) >= 11 is 0. The van der Waals surface area contributed by atoms with Crippen molar-refractivity contribution in [3.63, 3.8) is 0 Å². The molecule has 20 heavy (non-hydrogen) atoms. The molecule has 0 aliphatic carbocycles. The van der Waals surface area contributed by atoms with E-state index in [1.807, 2.05) is 0 Å². The maximum absolute atomic E-state index is 12.6. The third kappa shape index (κ3) is 2.81. The average molecular weight is 303 g/mol. The Hall–Kier alpha value is -2.33. The number of nitro benzene ring substituents is 1. The topological polar surface area (TPSA) is 80.4 Å². The number of benzene rings is 1. The molecule has 0 atom stereocenters. The zero-order chi connectivity index (χ0) is 15.9. The predicted molar refractivity (Wildman–Crippen MR) is 50.1 cm³/mol. The first-order valence-corrected chi connectivity index (χ1v) is 4.56. The van der Waals surface area contributed by atoms with Crippen LogP contribution in [0.4, 0.5) is 32.0 Å². The highest BCUT2D eigenvalue weighted by molar-refractivity contribution is 5.93. The molecular weight excluding hydrogens is 300 g/mol. The minimum atomic E-state index is -5.74. The lowest BCUT2D eigenvalue weighted by atomic mass is 9.99. The monoisotopic (exact) mass is 303 g/mol. The van der Waals surface area contributed by atoms with Gasteiger partial charge in [0.1, 0.15) is 11.1 Å². The van der Waals surface area contributed by atoms with Crippen molar-refractivity contribution in [1.29, 1.82) is 0 Å². The van der Waals surface area contributed by atoms with Gasteiger partial charge in [-0.15, -0.1) is 0 Å². The van der Waals surface area contributed by atoms with E-state index in [0.29, 0.717) is 0 Å². The van der Waals surface area contributed by atoms with Crippen molar-refractivity contribution in [3.8, 4) is 0 Å².